The molecule has 0 aliphatic rings. The van der Waals surface area contributed by atoms with Crippen molar-refractivity contribution in [2.24, 2.45) is 4.99 Å². The van der Waals surface area contributed by atoms with E-state index in [4.69, 9.17) is 0 Å². The number of halogens is 1. The number of hydrogen-bond acceptors (Lipinski definition) is 3. The smallest absolute Gasteiger partial charge is 0.241 e. The number of pyridine rings is 1. The zero-order valence-corrected chi connectivity index (χ0v) is 15.3. The minimum atomic E-state index is 0. The molecule has 0 unspecified atom stereocenters. The van der Waals surface area contributed by atoms with Crippen LogP contribution in [0.1, 0.15) is 18.2 Å². The molecule has 0 aromatic carbocycles. The summed E-state index contributed by atoms with van der Waals surface area (Å²) in [6.07, 6.45) is 1.76. The topological polar surface area (TPSA) is 69.6 Å². The number of nitrogens with zero attached hydrogens (tertiary/aromatic N) is 3. The number of aryl methyl sites for hydroxylation is 1. The minimum absolute atomic E-state index is 0. The van der Waals surface area contributed by atoms with E-state index in [1.165, 1.54) is 0 Å². The number of rotatable bonds is 5. The molecule has 0 aliphatic carbocycles. The normalized spacial score (nSPS) is 10.6. The molecule has 21 heavy (non-hydrogen) atoms. The van der Waals surface area contributed by atoms with Crippen LogP contribution < -0.4 is 10.6 Å². The molecule has 0 spiro atoms. The Kier molecular flexibility index (Phi) is 9.68. The Bertz CT molecular complexity index is 476. The van der Waals surface area contributed by atoms with Gasteiger partial charge in [-0.2, -0.15) is 0 Å². The molecular weight excluding hydrogens is 381 g/mol. The fourth-order valence-corrected chi connectivity index (χ4v) is 1.50. The first-order valence-corrected chi connectivity index (χ1v) is 6.67. The van der Waals surface area contributed by atoms with E-state index >= 15 is 0 Å². The maximum atomic E-state index is 11.5. The number of guanidine groups is 1. The summed E-state index contributed by atoms with van der Waals surface area (Å²) in [6.45, 7) is 5.44. The standard InChI is InChI=1S/C14H23N5O.HI/c1-5-15-14(18-10-13(20)19(3)4)17-9-12-11(2)7-6-8-16-12;/h6-8H,5,9-10H2,1-4H3,(H2,15,17,18);1H. The summed E-state index contributed by atoms with van der Waals surface area (Å²) in [5.41, 5.74) is 2.04. The van der Waals surface area contributed by atoms with Crippen LogP contribution in [-0.2, 0) is 11.3 Å². The third kappa shape index (κ3) is 7.26. The zero-order chi connectivity index (χ0) is 15.0. The number of aromatic nitrogens is 1. The lowest BCUT2D eigenvalue weighted by atomic mass is 10.2. The average molecular weight is 405 g/mol. The van der Waals surface area contributed by atoms with Gasteiger partial charge in [0, 0.05) is 26.8 Å². The van der Waals surface area contributed by atoms with Gasteiger partial charge in [-0.1, -0.05) is 6.07 Å². The lowest BCUT2D eigenvalue weighted by Crippen LogP contribution is -2.42. The number of amides is 1. The van der Waals surface area contributed by atoms with Crippen molar-refractivity contribution in [3.63, 3.8) is 0 Å². The summed E-state index contributed by atoms with van der Waals surface area (Å²) in [7, 11) is 3.46. The van der Waals surface area contributed by atoms with E-state index in [9.17, 15) is 4.79 Å². The van der Waals surface area contributed by atoms with Crippen molar-refractivity contribution in [3.05, 3.63) is 29.6 Å². The third-order valence-electron chi connectivity index (χ3n) is 2.75. The first kappa shape index (κ1) is 19.6. The van der Waals surface area contributed by atoms with Crippen molar-refractivity contribution < 1.29 is 4.79 Å². The fraction of sp³-hybridized carbons (Fsp3) is 0.500. The van der Waals surface area contributed by atoms with Crippen molar-refractivity contribution in [2.75, 3.05) is 27.2 Å². The first-order chi connectivity index (χ1) is 9.54. The SMILES string of the molecule is CCNC(=NCc1ncccc1C)NCC(=O)N(C)C.I. The summed E-state index contributed by atoms with van der Waals surface area (Å²) < 4.78 is 0. The lowest BCUT2D eigenvalue weighted by Gasteiger charge is -2.14. The maximum absolute atomic E-state index is 11.5. The second-order valence-electron chi connectivity index (χ2n) is 4.60. The predicted molar refractivity (Wildman–Crippen MR) is 95.9 cm³/mol. The van der Waals surface area contributed by atoms with Gasteiger partial charge < -0.3 is 15.5 Å². The van der Waals surface area contributed by atoms with Crippen LogP contribution in [-0.4, -0.2) is 48.9 Å². The van der Waals surface area contributed by atoms with E-state index in [-0.39, 0.29) is 36.4 Å². The van der Waals surface area contributed by atoms with Crippen LogP contribution in [0.3, 0.4) is 0 Å². The Balaban J connectivity index is 0.00000400. The Morgan fingerprint density at radius 2 is 2.10 bits per heavy atom. The second-order valence-corrected chi connectivity index (χ2v) is 4.60. The summed E-state index contributed by atoms with van der Waals surface area (Å²) in [5.74, 6) is 0.623. The molecule has 1 aromatic rings. The first-order valence-electron chi connectivity index (χ1n) is 6.67. The molecule has 0 radical (unpaired) electrons. The monoisotopic (exact) mass is 405 g/mol. The van der Waals surface area contributed by atoms with Gasteiger partial charge in [0.2, 0.25) is 5.91 Å². The number of carbonyl (C=O) groups excluding carboxylic acids is 1. The molecule has 2 N–H and O–H groups in total. The summed E-state index contributed by atoms with van der Waals surface area (Å²) >= 11 is 0. The molecule has 1 amide bonds. The van der Waals surface area contributed by atoms with Crippen molar-refractivity contribution in [1.82, 2.24) is 20.5 Å². The molecule has 0 aliphatic heterocycles. The molecule has 0 fully saturated rings. The molecule has 7 heteroatoms. The van der Waals surface area contributed by atoms with Crippen LogP contribution in [0, 0.1) is 6.92 Å². The zero-order valence-electron chi connectivity index (χ0n) is 13.0. The molecule has 0 atom stereocenters. The highest BCUT2D eigenvalue weighted by atomic mass is 127. The predicted octanol–water partition coefficient (Wildman–Crippen LogP) is 1.15. The maximum Gasteiger partial charge on any atom is 0.241 e. The van der Waals surface area contributed by atoms with Gasteiger partial charge in [-0.3, -0.25) is 9.78 Å². The third-order valence-corrected chi connectivity index (χ3v) is 2.75. The van der Waals surface area contributed by atoms with Gasteiger partial charge in [-0.25, -0.2) is 4.99 Å². The van der Waals surface area contributed by atoms with Crippen molar-refractivity contribution in [1.29, 1.82) is 0 Å². The van der Waals surface area contributed by atoms with E-state index < -0.39 is 0 Å². The molecule has 6 nitrogen and oxygen atoms in total. The highest BCUT2D eigenvalue weighted by Crippen LogP contribution is 2.04. The van der Waals surface area contributed by atoms with Crippen LogP contribution in [0.25, 0.3) is 0 Å². The number of hydrogen-bond donors (Lipinski definition) is 2. The van der Waals surface area contributed by atoms with Crippen LogP contribution in [0.4, 0.5) is 0 Å². The van der Waals surface area contributed by atoms with Crippen molar-refractivity contribution >= 4 is 35.8 Å². The van der Waals surface area contributed by atoms with Gasteiger partial charge in [0.25, 0.3) is 0 Å². The van der Waals surface area contributed by atoms with Gasteiger partial charge in [0.1, 0.15) is 0 Å². The average Bonchev–Trinajstić information content (AvgIpc) is 2.43. The summed E-state index contributed by atoms with van der Waals surface area (Å²) in [5, 5.41) is 6.12. The molecule has 118 valence electrons. The van der Waals surface area contributed by atoms with Gasteiger partial charge in [0.05, 0.1) is 18.8 Å². The van der Waals surface area contributed by atoms with Crippen molar-refractivity contribution in [3.8, 4) is 0 Å². The Morgan fingerprint density at radius 3 is 2.67 bits per heavy atom. The molecule has 1 aromatic heterocycles. The van der Waals surface area contributed by atoms with Gasteiger partial charge in [0.15, 0.2) is 5.96 Å². The highest BCUT2D eigenvalue weighted by molar-refractivity contribution is 14.0. The van der Waals surface area contributed by atoms with E-state index in [0.29, 0.717) is 12.5 Å². The second kappa shape index (κ2) is 10.4. The Labute approximate surface area is 143 Å². The molecular formula is C14H24IN5O. The molecule has 0 saturated heterocycles. The Morgan fingerprint density at radius 1 is 1.38 bits per heavy atom. The number of aliphatic imine (C=N–C) groups is 1. The van der Waals surface area contributed by atoms with Crippen molar-refractivity contribution in [2.45, 2.75) is 20.4 Å². The molecule has 0 saturated carbocycles. The van der Waals surface area contributed by atoms with Crippen LogP contribution in [0.15, 0.2) is 23.3 Å². The number of carbonyl (C=O) groups is 1. The van der Waals surface area contributed by atoms with Crippen LogP contribution >= 0.6 is 24.0 Å². The van der Waals surface area contributed by atoms with E-state index in [1.807, 2.05) is 26.0 Å². The largest absolute Gasteiger partial charge is 0.357 e. The molecule has 0 bridgehead atoms. The van der Waals surface area contributed by atoms with E-state index in [0.717, 1.165) is 17.8 Å². The minimum Gasteiger partial charge on any atom is -0.357 e. The Hall–Kier alpha value is -1.38. The number of nitrogens with one attached hydrogen (secondary N) is 2. The highest BCUT2D eigenvalue weighted by Gasteiger charge is 2.05. The summed E-state index contributed by atoms with van der Waals surface area (Å²) in [4.78, 5) is 21.8. The van der Waals surface area contributed by atoms with E-state index in [2.05, 4.69) is 20.6 Å². The fourth-order valence-electron chi connectivity index (χ4n) is 1.50. The quantitative estimate of drug-likeness (QED) is 0.438. The lowest BCUT2D eigenvalue weighted by molar-refractivity contribution is -0.127. The summed E-state index contributed by atoms with van der Waals surface area (Å²) in [6, 6.07) is 3.91. The van der Waals surface area contributed by atoms with Gasteiger partial charge in [-0.05, 0) is 25.5 Å². The van der Waals surface area contributed by atoms with Gasteiger partial charge >= 0.3 is 0 Å². The number of likely N-dealkylation sites (N-methyl/N-ethyl adjacent to an activating group) is 1. The van der Waals surface area contributed by atoms with Crippen LogP contribution in [0.5, 0.6) is 0 Å². The van der Waals surface area contributed by atoms with Crippen LogP contribution in [0.2, 0.25) is 0 Å². The van der Waals surface area contributed by atoms with Gasteiger partial charge in [-0.15, -0.1) is 24.0 Å². The molecule has 1 heterocycles. The molecule has 1 rings (SSSR count). The van der Waals surface area contributed by atoms with E-state index in [1.54, 1.807) is 25.2 Å².